The topological polar surface area (TPSA) is 26.3 Å². The van der Waals surface area contributed by atoms with Gasteiger partial charge < -0.3 is 4.74 Å². The van der Waals surface area contributed by atoms with Crippen molar-refractivity contribution in [3.63, 3.8) is 0 Å². The second-order valence-electron chi connectivity index (χ2n) is 2.70. The Morgan fingerprint density at radius 1 is 1.33 bits per heavy atom. The summed E-state index contributed by atoms with van der Waals surface area (Å²) < 4.78 is 4.77. The van der Waals surface area contributed by atoms with Crippen molar-refractivity contribution < 1.29 is 9.53 Å². The predicted molar refractivity (Wildman–Crippen MR) is 45.3 cm³/mol. The van der Waals surface area contributed by atoms with Crippen molar-refractivity contribution in [2.45, 2.75) is 6.42 Å². The highest BCUT2D eigenvalue weighted by Gasteiger charge is 2.11. The Morgan fingerprint density at radius 3 is 2.92 bits per heavy atom. The third kappa shape index (κ3) is 1.11. The molecule has 0 bridgehead atoms. The molecule has 1 aliphatic carbocycles. The van der Waals surface area contributed by atoms with Gasteiger partial charge in [0.05, 0.1) is 0 Å². The lowest BCUT2D eigenvalue weighted by Crippen LogP contribution is -1.88. The van der Waals surface area contributed by atoms with Gasteiger partial charge in [-0.1, -0.05) is 24.3 Å². The van der Waals surface area contributed by atoms with Crippen LogP contribution in [0.1, 0.15) is 11.1 Å². The average Bonchev–Trinajstić information content (AvgIpc) is 2.47. The normalized spacial score (nSPS) is 13.5. The molecule has 1 aromatic carbocycles. The maximum atomic E-state index is 10.0. The van der Waals surface area contributed by atoms with Crippen LogP contribution in [0, 0.1) is 0 Å². The molecule has 0 radical (unpaired) electrons. The Bertz CT molecular complexity index is 339. The lowest BCUT2D eigenvalue weighted by Gasteiger charge is -1.96. The summed E-state index contributed by atoms with van der Waals surface area (Å²) in [6, 6.07) is 8.00. The fourth-order valence-electron chi connectivity index (χ4n) is 1.39. The van der Waals surface area contributed by atoms with Crippen molar-refractivity contribution in [2.75, 3.05) is 0 Å². The number of hydrogen-bond donors (Lipinski definition) is 0. The monoisotopic (exact) mass is 160 g/mol. The van der Waals surface area contributed by atoms with Crippen LogP contribution in [0.4, 0.5) is 0 Å². The molecule has 1 aromatic rings. The summed E-state index contributed by atoms with van der Waals surface area (Å²) >= 11 is 0. The molecule has 0 aromatic heterocycles. The zero-order chi connectivity index (χ0) is 8.39. The number of fused-ring (bicyclic) bond motifs is 1. The Balaban J connectivity index is 2.28. The standard InChI is InChI=1S/C10H8O2/c11-7-12-10-5-8-3-1-2-4-9(8)6-10/h1-5,7H,6H2. The third-order valence-electron chi connectivity index (χ3n) is 1.94. The van der Waals surface area contributed by atoms with E-state index in [1.807, 2.05) is 30.3 Å². The molecule has 0 atom stereocenters. The summed E-state index contributed by atoms with van der Waals surface area (Å²) in [6.45, 7) is 0.470. The molecule has 1 aliphatic rings. The highest BCUT2D eigenvalue weighted by atomic mass is 16.5. The van der Waals surface area contributed by atoms with Crippen molar-refractivity contribution in [3.8, 4) is 0 Å². The smallest absolute Gasteiger partial charge is 0.298 e. The van der Waals surface area contributed by atoms with Crippen LogP contribution >= 0.6 is 0 Å². The lowest BCUT2D eigenvalue weighted by atomic mass is 10.1. The molecule has 12 heavy (non-hydrogen) atoms. The van der Waals surface area contributed by atoms with E-state index in [-0.39, 0.29) is 0 Å². The molecule has 2 heteroatoms. The number of ether oxygens (including phenoxy) is 1. The van der Waals surface area contributed by atoms with Crippen LogP contribution in [0.25, 0.3) is 6.08 Å². The predicted octanol–water partition coefficient (Wildman–Crippen LogP) is 1.76. The highest BCUT2D eigenvalue weighted by Crippen LogP contribution is 2.24. The van der Waals surface area contributed by atoms with E-state index >= 15 is 0 Å². The quantitative estimate of drug-likeness (QED) is 0.616. The summed E-state index contributed by atoms with van der Waals surface area (Å²) in [5, 5.41) is 0. The van der Waals surface area contributed by atoms with E-state index in [4.69, 9.17) is 4.74 Å². The summed E-state index contributed by atoms with van der Waals surface area (Å²) in [5.41, 5.74) is 2.36. The molecule has 60 valence electrons. The second-order valence-corrected chi connectivity index (χ2v) is 2.70. The molecule has 0 spiro atoms. The molecule has 0 saturated carbocycles. The summed E-state index contributed by atoms with van der Waals surface area (Å²) in [4.78, 5) is 10.0. The zero-order valence-corrected chi connectivity index (χ0v) is 6.49. The van der Waals surface area contributed by atoms with Crippen molar-refractivity contribution >= 4 is 12.5 Å². The minimum absolute atomic E-state index is 0.470. The van der Waals surface area contributed by atoms with Gasteiger partial charge in [0.1, 0.15) is 5.76 Å². The van der Waals surface area contributed by atoms with E-state index in [9.17, 15) is 4.79 Å². The molecule has 0 heterocycles. The zero-order valence-electron chi connectivity index (χ0n) is 6.49. The van der Waals surface area contributed by atoms with Gasteiger partial charge in [0, 0.05) is 6.42 Å². The number of carbonyl (C=O) groups is 1. The summed E-state index contributed by atoms with van der Waals surface area (Å²) in [7, 11) is 0. The van der Waals surface area contributed by atoms with Crippen LogP contribution < -0.4 is 0 Å². The fraction of sp³-hybridized carbons (Fsp3) is 0.100. The molecule has 0 N–H and O–H groups in total. The summed E-state index contributed by atoms with van der Waals surface area (Å²) in [5.74, 6) is 0.728. The van der Waals surface area contributed by atoms with Crippen molar-refractivity contribution in [2.24, 2.45) is 0 Å². The Kier molecular flexibility index (Phi) is 1.67. The van der Waals surface area contributed by atoms with E-state index in [2.05, 4.69) is 0 Å². The van der Waals surface area contributed by atoms with Gasteiger partial charge in [0.2, 0.25) is 0 Å². The molecule has 2 rings (SSSR count). The first-order valence-corrected chi connectivity index (χ1v) is 3.79. The van der Waals surface area contributed by atoms with Gasteiger partial charge in [-0.3, -0.25) is 4.79 Å². The highest BCUT2D eigenvalue weighted by molar-refractivity contribution is 5.63. The number of rotatable bonds is 2. The van der Waals surface area contributed by atoms with E-state index < -0.39 is 0 Å². The fourth-order valence-corrected chi connectivity index (χ4v) is 1.39. The Morgan fingerprint density at radius 2 is 2.17 bits per heavy atom. The maximum Gasteiger partial charge on any atom is 0.298 e. The first-order chi connectivity index (χ1) is 5.90. The molecular weight excluding hydrogens is 152 g/mol. The SMILES string of the molecule is O=COC1=Cc2ccccc2C1. The van der Waals surface area contributed by atoms with Crippen molar-refractivity contribution in [3.05, 3.63) is 41.2 Å². The van der Waals surface area contributed by atoms with Crippen LogP contribution in [0.3, 0.4) is 0 Å². The largest absolute Gasteiger partial charge is 0.433 e. The van der Waals surface area contributed by atoms with E-state index in [1.165, 1.54) is 5.56 Å². The minimum Gasteiger partial charge on any atom is -0.433 e. The Hall–Kier alpha value is -1.57. The molecule has 0 saturated heterocycles. The van der Waals surface area contributed by atoms with Crippen LogP contribution in [-0.2, 0) is 16.0 Å². The van der Waals surface area contributed by atoms with Crippen LogP contribution in [0.15, 0.2) is 30.0 Å². The lowest BCUT2D eigenvalue weighted by molar-refractivity contribution is -0.125. The van der Waals surface area contributed by atoms with Gasteiger partial charge in [-0.05, 0) is 17.2 Å². The van der Waals surface area contributed by atoms with Gasteiger partial charge in [-0.2, -0.15) is 0 Å². The second kappa shape index (κ2) is 2.81. The van der Waals surface area contributed by atoms with Gasteiger partial charge >= 0.3 is 0 Å². The van der Waals surface area contributed by atoms with Gasteiger partial charge in [0.25, 0.3) is 6.47 Å². The molecule has 0 amide bonds. The minimum atomic E-state index is 0.470. The molecule has 2 nitrogen and oxygen atoms in total. The van der Waals surface area contributed by atoms with Gasteiger partial charge in [-0.15, -0.1) is 0 Å². The van der Waals surface area contributed by atoms with Crippen LogP contribution in [0.2, 0.25) is 0 Å². The number of benzene rings is 1. The number of hydrogen-bond acceptors (Lipinski definition) is 2. The first-order valence-electron chi connectivity index (χ1n) is 3.79. The van der Waals surface area contributed by atoms with Crippen LogP contribution in [-0.4, -0.2) is 6.47 Å². The van der Waals surface area contributed by atoms with Gasteiger partial charge in [-0.25, -0.2) is 0 Å². The summed E-state index contributed by atoms with van der Waals surface area (Å²) in [6.07, 6.45) is 2.62. The van der Waals surface area contributed by atoms with E-state index in [0.717, 1.165) is 17.7 Å². The molecule has 0 unspecified atom stereocenters. The first kappa shape index (κ1) is 7.10. The van der Waals surface area contributed by atoms with Crippen molar-refractivity contribution in [1.29, 1.82) is 0 Å². The number of carbonyl (C=O) groups excluding carboxylic acids is 1. The Labute approximate surface area is 70.5 Å². The number of allylic oxidation sites excluding steroid dienone is 1. The third-order valence-corrected chi connectivity index (χ3v) is 1.94. The van der Waals surface area contributed by atoms with E-state index in [1.54, 1.807) is 0 Å². The maximum absolute atomic E-state index is 10.0. The molecule has 0 fully saturated rings. The van der Waals surface area contributed by atoms with Gasteiger partial charge in [0.15, 0.2) is 0 Å². The molecular formula is C10H8O2. The average molecular weight is 160 g/mol. The van der Waals surface area contributed by atoms with E-state index in [0.29, 0.717) is 6.47 Å². The van der Waals surface area contributed by atoms with Crippen LogP contribution in [0.5, 0.6) is 0 Å². The molecule has 0 aliphatic heterocycles. The van der Waals surface area contributed by atoms with Crippen molar-refractivity contribution in [1.82, 2.24) is 0 Å².